The van der Waals surface area contributed by atoms with E-state index in [1.54, 1.807) is 6.92 Å². The van der Waals surface area contributed by atoms with Crippen LogP contribution in [0.5, 0.6) is 5.75 Å². The van der Waals surface area contributed by atoms with Crippen molar-refractivity contribution in [2.75, 3.05) is 5.32 Å². The van der Waals surface area contributed by atoms with Gasteiger partial charge in [-0.3, -0.25) is 4.79 Å². The second kappa shape index (κ2) is 8.30. The molecule has 1 atom stereocenters. The first-order chi connectivity index (χ1) is 13.4. The number of hydrogen-bond acceptors (Lipinski definition) is 2. The molecule has 1 unspecified atom stereocenters. The number of rotatable bonds is 6. The lowest BCUT2D eigenvalue weighted by atomic mass is 9.78. The van der Waals surface area contributed by atoms with Gasteiger partial charge in [0, 0.05) is 11.1 Å². The average Bonchev–Trinajstić information content (AvgIpc) is 2.69. The molecule has 28 heavy (non-hydrogen) atoms. The summed E-state index contributed by atoms with van der Waals surface area (Å²) in [5.41, 5.74) is 4.23. The predicted molar refractivity (Wildman–Crippen MR) is 115 cm³/mol. The maximum absolute atomic E-state index is 12.4. The van der Waals surface area contributed by atoms with Crippen molar-refractivity contribution >= 4 is 11.6 Å². The van der Waals surface area contributed by atoms with Gasteiger partial charge in [0.15, 0.2) is 6.10 Å². The van der Waals surface area contributed by atoms with E-state index in [9.17, 15) is 4.79 Å². The predicted octanol–water partition coefficient (Wildman–Crippen LogP) is 5.73. The van der Waals surface area contributed by atoms with Gasteiger partial charge >= 0.3 is 0 Å². The highest BCUT2D eigenvalue weighted by molar-refractivity contribution is 5.94. The third-order valence-corrected chi connectivity index (χ3v) is 5.04. The highest BCUT2D eigenvalue weighted by atomic mass is 16.5. The second-order valence-electron chi connectivity index (χ2n) is 7.63. The third-order valence-electron chi connectivity index (χ3n) is 5.04. The monoisotopic (exact) mass is 373 g/mol. The third kappa shape index (κ3) is 4.61. The molecule has 0 bridgehead atoms. The van der Waals surface area contributed by atoms with Crippen molar-refractivity contribution < 1.29 is 9.53 Å². The lowest BCUT2D eigenvalue weighted by molar-refractivity contribution is -0.122. The molecule has 0 saturated carbocycles. The summed E-state index contributed by atoms with van der Waals surface area (Å²) in [4.78, 5) is 12.4. The Bertz CT molecular complexity index is 930. The van der Waals surface area contributed by atoms with E-state index in [4.69, 9.17) is 4.74 Å². The first-order valence-electron chi connectivity index (χ1n) is 9.56. The van der Waals surface area contributed by atoms with Crippen LogP contribution >= 0.6 is 0 Å². The largest absolute Gasteiger partial charge is 0.481 e. The van der Waals surface area contributed by atoms with Crippen LogP contribution in [-0.2, 0) is 10.2 Å². The molecule has 3 nitrogen and oxygen atoms in total. The molecule has 0 radical (unpaired) electrons. The van der Waals surface area contributed by atoms with E-state index in [1.165, 1.54) is 11.1 Å². The van der Waals surface area contributed by atoms with Gasteiger partial charge in [-0.05, 0) is 54.8 Å². The smallest absolute Gasteiger partial charge is 0.265 e. The van der Waals surface area contributed by atoms with Gasteiger partial charge in [0.05, 0.1) is 0 Å². The molecule has 3 heteroatoms. The molecule has 3 aromatic carbocycles. The van der Waals surface area contributed by atoms with Crippen molar-refractivity contribution in [3.8, 4) is 5.75 Å². The number of aryl methyl sites for hydroxylation is 1. The zero-order valence-corrected chi connectivity index (χ0v) is 16.9. The van der Waals surface area contributed by atoms with Crippen LogP contribution in [0, 0.1) is 6.92 Å². The van der Waals surface area contributed by atoms with Crippen LogP contribution < -0.4 is 10.1 Å². The molecule has 0 heterocycles. The van der Waals surface area contributed by atoms with E-state index in [0.29, 0.717) is 5.75 Å². The maximum atomic E-state index is 12.4. The quantitative estimate of drug-likeness (QED) is 0.599. The van der Waals surface area contributed by atoms with Crippen molar-refractivity contribution in [3.63, 3.8) is 0 Å². The van der Waals surface area contributed by atoms with E-state index >= 15 is 0 Å². The molecule has 0 aliphatic heterocycles. The van der Waals surface area contributed by atoms with Gasteiger partial charge < -0.3 is 10.1 Å². The fourth-order valence-electron chi connectivity index (χ4n) is 3.20. The number of benzene rings is 3. The Morgan fingerprint density at radius 2 is 1.54 bits per heavy atom. The molecule has 3 aromatic rings. The maximum Gasteiger partial charge on any atom is 0.265 e. The molecule has 0 aromatic heterocycles. The van der Waals surface area contributed by atoms with Crippen LogP contribution in [0.4, 0.5) is 5.69 Å². The Labute approximate surface area is 167 Å². The summed E-state index contributed by atoms with van der Waals surface area (Å²) in [5, 5.41) is 2.90. The molecular formula is C25H27NO2. The van der Waals surface area contributed by atoms with Crippen LogP contribution in [-0.4, -0.2) is 12.0 Å². The van der Waals surface area contributed by atoms with Crippen molar-refractivity contribution in [2.24, 2.45) is 0 Å². The minimum Gasteiger partial charge on any atom is -0.481 e. The molecule has 0 fully saturated rings. The van der Waals surface area contributed by atoms with Crippen LogP contribution in [0.3, 0.4) is 0 Å². The molecule has 3 rings (SSSR count). The lowest BCUT2D eigenvalue weighted by Gasteiger charge is -2.26. The molecule has 0 aliphatic carbocycles. The summed E-state index contributed by atoms with van der Waals surface area (Å²) in [6, 6.07) is 26.1. The number of nitrogens with one attached hydrogen (secondary N) is 1. The minimum absolute atomic E-state index is 0.103. The van der Waals surface area contributed by atoms with Gasteiger partial charge in [0.1, 0.15) is 5.75 Å². The van der Waals surface area contributed by atoms with E-state index in [0.717, 1.165) is 11.3 Å². The number of carbonyl (C=O) groups excluding carboxylic acids is 1. The first kappa shape index (κ1) is 19.7. The van der Waals surface area contributed by atoms with Gasteiger partial charge in [-0.1, -0.05) is 68.4 Å². The zero-order valence-electron chi connectivity index (χ0n) is 16.9. The SMILES string of the molecule is Cc1cccc(NC(=O)C(C)Oc2ccc(C(C)(C)c3ccccc3)cc2)c1. The number of carbonyl (C=O) groups is 1. The van der Waals surface area contributed by atoms with Gasteiger partial charge in [0.2, 0.25) is 0 Å². The van der Waals surface area contributed by atoms with Crippen LogP contribution in [0.25, 0.3) is 0 Å². The Hall–Kier alpha value is -3.07. The van der Waals surface area contributed by atoms with E-state index in [2.05, 4.69) is 55.6 Å². The molecule has 0 saturated heterocycles. The summed E-state index contributed by atoms with van der Waals surface area (Å²) < 4.78 is 5.84. The molecule has 0 spiro atoms. The highest BCUT2D eigenvalue weighted by Gasteiger charge is 2.23. The summed E-state index contributed by atoms with van der Waals surface area (Å²) in [6.45, 7) is 8.16. The van der Waals surface area contributed by atoms with E-state index in [-0.39, 0.29) is 11.3 Å². The second-order valence-corrected chi connectivity index (χ2v) is 7.63. The Morgan fingerprint density at radius 1 is 0.893 bits per heavy atom. The molecule has 1 amide bonds. The molecule has 1 N–H and O–H groups in total. The van der Waals surface area contributed by atoms with Crippen LogP contribution in [0.2, 0.25) is 0 Å². The first-order valence-corrected chi connectivity index (χ1v) is 9.56. The topological polar surface area (TPSA) is 38.3 Å². The number of ether oxygens (including phenoxy) is 1. The van der Waals surface area contributed by atoms with Crippen LogP contribution in [0.15, 0.2) is 78.9 Å². The molecule has 144 valence electrons. The molecular weight excluding hydrogens is 346 g/mol. The van der Waals surface area contributed by atoms with Crippen molar-refractivity contribution in [1.82, 2.24) is 0 Å². The standard InChI is InChI=1S/C25H27NO2/c1-18-9-8-12-22(17-18)26-24(27)19(2)28-23-15-13-21(14-16-23)25(3,4)20-10-6-5-7-11-20/h5-17,19H,1-4H3,(H,26,27). The van der Waals surface area contributed by atoms with E-state index in [1.807, 2.05) is 49.4 Å². The Kier molecular flexibility index (Phi) is 5.84. The summed E-state index contributed by atoms with van der Waals surface area (Å²) in [6.07, 6.45) is -0.589. The van der Waals surface area contributed by atoms with Crippen LogP contribution in [0.1, 0.15) is 37.5 Å². The Balaban J connectivity index is 1.66. The minimum atomic E-state index is -0.589. The van der Waals surface area contributed by atoms with Crippen molar-refractivity contribution in [2.45, 2.75) is 39.2 Å². The van der Waals surface area contributed by atoms with Crippen molar-refractivity contribution in [1.29, 1.82) is 0 Å². The average molecular weight is 373 g/mol. The summed E-state index contributed by atoms with van der Waals surface area (Å²) >= 11 is 0. The van der Waals surface area contributed by atoms with Gasteiger partial charge in [-0.2, -0.15) is 0 Å². The van der Waals surface area contributed by atoms with E-state index < -0.39 is 6.10 Å². The normalized spacial score (nSPS) is 12.3. The number of amides is 1. The summed E-state index contributed by atoms with van der Waals surface area (Å²) in [5.74, 6) is 0.513. The Morgan fingerprint density at radius 3 is 2.18 bits per heavy atom. The highest BCUT2D eigenvalue weighted by Crippen LogP contribution is 2.32. The van der Waals surface area contributed by atoms with Crippen molar-refractivity contribution in [3.05, 3.63) is 95.6 Å². The van der Waals surface area contributed by atoms with Gasteiger partial charge in [0.25, 0.3) is 5.91 Å². The van der Waals surface area contributed by atoms with Gasteiger partial charge in [-0.15, -0.1) is 0 Å². The molecule has 0 aliphatic rings. The summed E-state index contributed by atoms with van der Waals surface area (Å²) in [7, 11) is 0. The lowest BCUT2D eigenvalue weighted by Crippen LogP contribution is -2.30. The number of anilines is 1. The fraction of sp³-hybridized carbons (Fsp3) is 0.240. The number of hydrogen-bond donors (Lipinski definition) is 1. The van der Waals surface area contributed by atoms with Gasteiger partial charge in [-0.25, -0.2) is 0 Å². The zero-order chi connectivity index (χ0) is 20.1. The fourth-order valence-corrected chi connectivity index (χ4v) is 3.20.